The van der Waals surface area contributed by atoms with Gasteiger partial charge >= 0.3 is 6.09 Å². The van der Waals surface area contributed by atoms with E-state index < -0.39 is 35.8 Å². The van der Waals surface area contributed by atoms with Crippen LogP contribution in [0.15, 0.2) is 72.8 Å². The Labute approximate surface area is 213 Å². The lowest BCUT2D eigenvalue weighted by atomic mass is 10.00. The summed E-state index contributed by atoms with van der Waals surface area (Å²) in [6, 6.07) is 16.5. The maximum Gasteiger partial charge on any atom is 0.411 e. The highest BCUT2D eigenvalue weighted by Crippen LogP contribution is 2.34. The van der Waals surface area contributed by atoms with Crippen LogP contribution in [0.25, 0.3) is 0 Å². The molecule has 1 aliphatic heterocycles. The van der Waals surface area contributed by atoms with E-state index in [0.29, 0.717) is 28.9 Å². The summed E-state index contributed by atoms with van der Waals surface area (Å²) in [7, 11) is 0. The molecule has 192 valence electrons. The summed E-state index contributed by atoms with van der Waals surface area (Å²) in [5, 5.41) is 5.60. The van der Waals surface area contributed by atoms with E-state index in [4.69, 9.17) is 4.74 Å². The molecule has 0 unspecified atom stereocenters. The lowest BCUT2D eigenvalue weighted by molar-refractivity contribution is -0.126. The fourth-order valence-corrected chi connectivity index (χ4v) is 3.97. The highest BCUT2D eigenvalue weighted by Gasteiger charge is 2.46. The highest BCUT2D eigenvalue weighted by molar-refractivity contribution is 6.04. The van der Waals surface area contributed by atoms with Gasteiger partial charge in [0.1, 0.15) is 11.6 Å². The van der Waals surface area contributed by atoms with Crippen molar-refractivity contribution in [3.63, 3.8) is 0 Å². The van der Waals surface area contributed by atoms with Crippen molar-refractivity contribution in [2.45, 2.75) is 32.5 Å². The monoisotopic (exact) mass is 507 g/mol. The summed E-state index contributed by atoms with van der Waals surface area (Å²) < 4.78 is 32.1. The Morgan fingerprint density at radius 1 is 0.919 bits per heavy atom. The third-order valence-electron chi connectivity index (χ3n) is 5.91. The van der Waals surface area contributed by atoms with E-state index in [0.717, 1.165) is 0 Å². The van der Waals surface area contributed by atoms with E-state index in [2.05, 4.69) is 10.6 Å². The number of cyclic esters (lactones) is 1. The zero-order valence-corrected chi connectivity index (χ0v) is 20.4. The molecule has 7 nitrogen and oxygen atoms in total. The number of nitrogens with one attached hydrogen (secondary N) is 2. The standard InChI is InChI=1S/C28H27F2N3O4/c1-17(2)15-31-27(35)24-25(37-28(36)33(24)16-18-3-9-21(29)10-4-18)19-7-13-23(14-8-19)32-26(34)20-5-11-22(30)12-6-20/h3-14,17,24-25H,15-16H2,1-2H3,(H,31,35)(H,32,34)/t24-,25-/m0/s1. The first-order valence-corrected chi connectivity index (χ1v) is 11.9. The Hall–Kier alpha value is -4.27. The quantitative estimate of drug-likeness (QED) is 0.447. The molecule has 9 heteroatoms. The second-order valence-electron chi connectivity index (χ2n) is 9.23. The Morgan fingerprint density at radius 2 is 1.51 bits per heavy atom. The number of anilines is 1. The van der Waals surface area contributed by atoms with Crippen LogP contribution in [0.3, 0.4) is 0 Å². The average Bonchev–Trinajstić information content (AvgIpc) is 3.20. The summed E-state index contributed by atoms with van der Waals surface area (Å²) in [6.45, 7) is 4.42. The first-order valence-electron chi connectivity index (χ1n) is 11.9. The molecule has 1 fully saturated rings. The fourth-order valence-electron chi connectivity index (χ4n) is 3.97. The number of carbonyl (C=O) groups is 3. The maximum absolute atomic E-state index is 13.4. The zero-order chi connectivity index (χ0) is 26.5. The molecule has 0 saturated carbocycles. The van der Waals surface area contributed by atoms with Crippen LogP contribution in [-0.4, -0.2) is 35.4 Å². The molecule has 2 N–H and O–H groups in total. The van der Waals surface area contributed by atoms with Crippen LogP contribution in [0.2, 0.25) is 0 Å². The van der Waals surface area contributed by atoms with Gasteiger partial charge in [-0.3, -0.25) is 14.5 Å². The SMILES string of the molecule is CC(C)CNC(=O)[C@@H]1[C@H](c2ccc(NC(=O)c3ccc(F)cc3)cc2)OC(=O)N1Cc1ccc(F)cc1. The van der Waals surface area contributed by atoms with Gasteiger partial charge in [-0.05, 0) is 65.6 Å². The second-order valence-corrected chi connectivity index (χ2v) is 9.23. The van der Waals surface area contributed by atoms with E-state index in [1.54, 1.807) is 36.4 Å². The molecule has 4 rings (SSSR count). The van der Waals surface area contributed by atoms with Gasteiger partial charge in [-0.25, -0.2) is 13.6 Å². The zero-order valence-electron chi connectivity index (χ0n) is 20.4. The molecule has 1 heterocycles. The van der Waals surface area contributed by atoms with E-state index in [1.807, 2.05) is 13.8 Å². The van der Waals surface area contributed by atoms with Gasteiger partial charge in [-0.15, -0.1) is 0 Å². The van der Waals surface area contributed by atoms with Crippen LogP contribution >= 0.6 is 0 Å². The second kappa shape index (κ2) is 11.2. The molecule has 1 saturated heterocycles. The number of hydrogen-bond donors (Lipinski definition) is 2. The summed E-state index contributed by atoms with van der Waals surface area (Å²) in [6.07, 6.45) is -1.55. The minimum atomic E-state index is -0.948. The summed E-state index contributed by atoms with van der Waals surface area (Å²) in [5.74, 6) is -1.40. The predicted octanol–water partition coefficient (Wildman–Crippen LogP) is 5.05. The van der Waals surface area contributed by atoms with Crippen molar-refractivity contribution < 1.29 is 27.9 Å². The Bertz CT molecular complexity index is 1260. The minimum absolute atomic E-state index is 0.0706. The Balaban J connectivity index is 1.54. The van der Waals surface area contributed by atoms with Crippen molar-refractivity contribution in [2.24, 2.45) is 5.92 Å². The molecule has 0 spiro atoms. The summed E-state index contributed by atoms with van der Waals surface area (Å²) >= 11 is 0. The minimum Gasteiger partial charge on any atom is -0.438 e. The molecule has 0 aliphatic carbocycles. The average molecular weight is 508 g/mol. The van der Waals surface area contributed by atoms with Crippen molar-refractivity contribution in [1.29, 1.82) is 0 Å². The number of halogens is 2. The third-order valence-corrected chi connectivity index (χ3v) is 5.91. The smallest absolute Gasteiger partial charge is 0.411 e. The predicted molar refractivity (Wildman–Crippen MR) is 134 cm³/mol. The number of carbonyl (C=O) groups excluding carboxylic acids is 3. The molecule has 3 aromatic rings. The topological polar surface area (TPSA) is 87.7 Å². The largest absolute Gasteiger partial charge is 0.438 e. The third kappa shape index (κ3) is 6.30. The molecule has 3 amide bonds. The summed E-state index contributed by atoms with van der Waals surface area (Å²) in [4.78, 5) is 39.8. The van der Waals surface area contributed by atoms with Crippen LogP contribution in [0.5, 0.6) is 0 Å². The fraction of sp³-hybridized carbons (Fsp3) is 0.250. The number of rotatable bonds is 8. The van der Waals surface area contributed by atoms with E-state index >= 15 is 0 Å². The van der Waals surface area contributed by atoms with Gasteiger partial charge in [-0.2, -0.15) is 0 Å². The van der Waals surface area contributed by atoms with Gasteiger partial charge in [0.2, 0.25) is 5.91 Å². The van der Waals surface area contributed by atoms with Crippen LogP contribution < -0.4 is 10.6 Å². The summed E-state index contributed by atoms with van der Waals surface area (Å²) in [5.41, 5.74) is 2.00. The molecule has 0 aromatic heterocycles. The van der Waals surface area contributed by atoms with Crippen molar-refractivity contribution >= 4 is 23.6 Å². The number of benzene rings is 3. The highest BCUT2D eigenvalue weighted by atomic mass is 19.1. The van der Waals surface area contributed by atoms with Crippen LogP contribution in [0, 0.1) is 17.6 Å². The van der Waals surface area contributed by atoms with Crippen molar-refractivity contribution in [2.75, 3.05) is 11.9 Å². The van der Waals surface area contributed by atoms with Crippen molar-refractivity contribution in [1.82, 2.24) is 10.2 Å². The first kappa shape index (κ1) is 25.8. The molecular weight excluding hydrogens is 480 g/mol. The van der Waals surface area contributed by atoms with Gasteiger partial charge in [-0.1, -0.05) is 38.1 Å². The van der Waals surface area contributed by atoms with Gasteiger partial charge in [0.05, 0.1) is 6.54 Å². The van der Waals surface area contributed by atoms with Crippen molar-refractivity contribution in [3.8, 4) is 0 Å². The molecular formula is C28H27F2N3O4. The Morgan fingerprint density at radius 3 is 2.11 bits per heavy atom. The number of amides is 3. The number of hydrogen-bond acceptors (Lipinski definition) is 4. The molecule has 0 bridgehead atoms. The molecule has 37 heavy (non-hydrogen) atoms. The Kier molecular flexibility index (Phi) is 7.81. The van der Waals surface area contributed by atoms with Gasteiger partial charge < -0.3 is 15.4 Å². The van der Waals surface area contributed by atoms with E-state index in [9.17, 15) is 23.2 Å². The van der Waals surface area contributed by atoms with Crippen molar-refractivity contribution in [3.05, 3.63) is 101 Å². The lowest BCUT2D eigenvalue weighted by Crippen LogP contribution is -2.47. The van der Waals surface area contributed by atoms with Crippen LogP contribution in [0.1, 0.15) is 41.4 Å². The van der Waals surface area contributed by atoms with Gasteiger partial charge in [0.25, 0.3) is 5.91 Å². The van der Waals surface area contributed by atoms with Crippen LogP contribution in [-0.2, 0) is 16.1 Å². The number of nitrogens with zero attached hydrogens (tertiary/aromatic N) is 1. The van der Waals surface area contributed by atoms with E-state index in [-0.39, 0.29) is 18.4 Å². The molecule has 1 aliphatic rings. The number of ether oxygens (including phenoxy) is 1. The normalized spacial score (nSPS) is 17.0. The first-order chi connectivity index (χ1) is 17.7. The van der Waals surface area contributed by atoms with E-state index in [1.165, 1.54) is 41.3 Å². The maximum atomic E-state index is 13.4. The van der Waals surface area contributed by atoms with Gasteiger partial charge in [0.15, 0.2) is 12.1 Å². The molecule has 2 atom stereocenters. The lowest BCUT2D eigenvalue weighted by Gasteiger charge is -2.24. The molecule has 3 aromatic carbocycles. The molecule has 0 radical (unpaired) electrons. The van der Waals surface area contributed by atoms with Gasteiger partial charge in [0, 0.05) is 17.8 Å². The van der Waals surface area contributed by atoms with Crippen LogP contribution in [0.4, 0.5) is 19.3 Å².